The van der Waals surface area contributed by atoms with Crippen molar-refractivity contribution in [3.05, 3.63) is 169 Å². The highest BCUT2D eigenvalue weighted by molar-refractivity contribution is 6.26. The summed E-state index contributed by atoms with van der Waals surface area (Å²) >= 11 is 0. The molecule has 50 heavy (non-hydrogen) atoms. The molecular formula is C46H34N4. The summed E-state index contributed by atoms with van der Waals surface area (Å²) in [4.78, 5) is 13.8. The minimum atomic E-state index is -0.151. The van der Waals surface area contributed by atoms with Crippen LogP contribution < -0.4 is 0 Å². The van der Waals surface area contributed by atoms with E-state index in [1.807, 2.05) is 24.5 Å². The lowest BCUT2D eigenvalue weighted by Crippen LogP contribution is -2.18. The number of aromatic nitrogens is 4. The number of hydrogen-bond acceptors (Lipinski definition) is 3. The number of pyridine rings is 3. The van der Waals surface area contributed by atoms with Gasteiger partial charge in [0.05, 0.1) is 22.9 Å². The van der Waals surface area contributed by atoms with Crippen molar-refractivity contribution in [1.29, 1.82) is 0 Å². The summed E-state index contributed by atoms with van der Waals surface area (Å²) in [6.07, 6.45) is 15.4. The Kier molecular flexibility index (Phi) is 6.31. The fraction of sp³-hybridized carbons (Fsp3) is 0.109. The van der Waals surface area contributed by atoms with Gasteiger partial charge < -0.3 is 4.57 Å². The van der Waals surface area contributed by atoms with Gasteiger partial charge >= 0.3 is 0 Å². The van der Waals surface area contributed by atoms with Gasteiger partial charge in [-0.15, -0.1) is 0 Å². The van der Waals surface area contributed by atoms with Crippen LogP contribution >= 0.6 is 0 Å². The summed E-state index contributed by atoms with van der Waals surface area (Å²) in [6.45, 7) is 4.82. The number of hydrogen-bond donors (Lipinski definition) is 0. The van der Waals surface area contributed by atoms with Crippen molar-refractivity contribution in [3.63, 3.8) is 0 Å². The first kappa shape index (κ1) is 28.8. The highest BCUT2D eigenvalue weighted by atomic mass is 15.0. The molecule has 1 atom stereocenters. The van der Waals surface area contributed by atoms with Crippen LogP contribution in [-0.2, 0) is 5.41 Å². The maximum absolute atomic E-state index is 5.05. The molecule has 0 saturated heterocycles. The summed E-state index contributed by atoms with van der Waals surface area (Å²) in [5.41, 5.74) is 14.2. The van der Waals surface area contributed by atoms with Crippen molar-refractivity contribution in [2.75, 3.05) is 0 Å². The number of fused-ring (bicyclic) bond motifs is 10. The molecule has 4 heterocycles. The van der Waals surface area contributed by atoms with Gasteiger partial charge in [-0.3, -0.25) is 9.97 Å². The number of benzene rings is 4. The maximum Gasteiger partial charge on any atom is 0.0731 e. The average Bonchev–Trinajstić information content (AvgIpc) is 3.65. The first-order valence-corrected chi connectivity index (χ1v) is 17.4. The molecule has 2 aliphatic rings. The smallest absolute Gasteiger partial charge is 0.0731 e. The zero-order valence-electron chi connectivity index (χ0n) is 28.0. The summed E-state index contributed by atoms with van der Waals surface area (Å²) < 4.78 is 2.64. The minimum Gasteiger partial charge on any atom is -0.333 e. The van der Waals surface area contributed by atoms with Crippen molar-refractivity contribution in [3.8, 4) is 33.6 Å². The van der Waals surface area contributed by atoms with Crippen LogP contribution in [0.25, 0.3) is 71.8 Å². The van der Waals surface area contributed by atoms with Gasteiger partial charge in [-0.2, -0.15) is 0 Å². The Morgan fingerprint density at radius 1 is 0.680 bits per heavy atom. The topological polar surface area (TPSA) is 43.6 Å². The van der Waals surface area contributed by atoms with Crippen LogP contribution in [0, 0.1) is 0 Å². The molecule has 4 heteroatoms. The van der Waals surface area contributed by atoms with Crippen molar-refractivity contribution >= 4 is 38.2 Å². The van der Waals surface area contributed by atoms with Crippen LogP contribution in [0.15, 0.2) is 152 Å². The largest absolute Gasteiger partial charge is 0.333 e. The SMILES string of the molecule is CC1(C)c2ccccc2-c2c1c1c(c3ccccc23)c2ccccc2n1C1C=CC(c2cc(-c3cccnc3)nc(-c3cccnc3)c2)=CC1. The Morgan fingerprint density at radius 2 is 1.34 bits per heavy atom. The van der Waals surface area contributed by atoms with Crippen molar-refractivity contribution < 1.29 is 0 Å². The first-order valence-electron chi connectivity index (χ1n) is 17.4. The van der Waals surface area contributed by atoms with E-state index in [4.69, 9.17) is 4.98 Å². The van der Waals surface area contributed by atoms with Crippen LogP contribution in [0.1, 0.15) is 43.0 Å². The number of rotatable bonds is 4. The van der Waals surface area contributed by atoms with Crippen molar-refractivity contribution in [1.82, 2.24) is 19.5 Å². The summed E-state index contributed by atoms with van der Waals surface area (Å²) in [5.74, 6) is 0. The Bertz CT molecular complexity index is 2640. The standard InChI is InChI=1S/C46H34N4/c1-46(2)38-17-7-5-15-36(38)42-34-13-3-4-14-35(34)43-37-16-6-8-18-41(37)50(45(43)44(42)46)33-21-19-29(20-22-33)32-25-39(30-11-9-23-47-27-30)49-40(26-32)31-12-10-24-48-28-31/h3-21,23-28,33H,22H2,1-2H3. The second kappa shape index (κ2) is 10.9. The van der Waals surface area contributed by atoms with Gasteiger partial charge in [0.25, 0.3) is 0 Å². The van der Waals surface area contributed by atoms with E-state index in [2.05, 4.69) is 144 Å². The number of allylic oxidation sites excluding steroid dienone is 4. The van der Waals surface area contributed by atoms with Gasteiger partial charge in [-0.25, -0.2) is 4.98 Å². The molecule has 0 saturated carbocycles. The van der Waals surface area contributed by atoms with E-state index >= 15 is 0 Å². The fourth-order valence-electron chi connectivity index (χ4n) is 8.60. The molecule has 4 aromatic carbocycles. The predicted molar refractivity (Wildman–Crippen MR) is 206 cm³/mol. The third-order valence-corrected chi connectivity index (χ3v) is 10.8. The highest BCUT2D eigenvalue weighted by Crippen LogP contribution is 2.56. The Hall–Kier alpha value is -6.13. The van der Waals surface area contributed by atoms with E-state index < -0.39 is 0 Å². The molecule has 8 aromatic rings. The van der Waals surface area contributed by atoms with E-state index in [0.29, 0.717) is 0 Å². The molecule has 0 N–H and O–H groups in total. The summed E-state index contributed by atoms with van der Waals surface area (Å²) in [6, 6.07) is 39.6. The van der Waals surface area contributed by atoms with Gasteiger partial charge in [-0.1, -0.05) is 98.8 Å². The lowest BCUT2D eigenvalue weighted by molar-refractivity contribution is 0.628. The highest BCUT2D eigenvalue weighted by Gasteiger charge is 2.40. The predicted octanol–water partition coefficient (Wildman–Crippen LogP) is 11.4. The van der Waals surface area contributed by atoms with Crippen molar-refractivity contribution in [2.45, 2.75) is 31.7 Å². The van der Waals surface area contributed by atoms with Crippen LogP contribution in [-0.4, -0.2) is 19.5 Å². The molecule has 0 amide bonds. The summed E-state index contributed by atoms with van der Waals surface area (Å²) in [5, 5.41) is 5.33. The van der Waals surface area contributed by atoms with E-state index in [-0.39, 0.29) is 11.5 Å². The molecule has 10 rings (SSSR count). The molecule has 238 valence electrons. The first-order chi connectivity index (χ1) is 24.6. The normalized spacial score (nSPS) is 16.1. The third-order valence-electron chi connectivity index (χ3n) is 10.8. The van der Waals surface area contributed by atoms with Gasteiger partial charge in [0.2, 0.25) is 0 Å². The monoisotopic (exact) mass is 642 g/mol. The van der Waals surface area contributed by atoms with Crippen molar-refractivity contribution in [2.24, 2.45) is 0 Å². The van der Waals surface area contributed by atoms with Crippen LogP contribution in [0.3, 0.4) is 0 Å². The van der Waals surface area contributed by atoms with E-state index in [1.54, 1.807) is 12.4 Å². The van der Waals surface area contributed by atoms with Crippen LogP contribution in [0.2, 0.25) is 0 Å². The number of para-hydroxylation sites is 1. The molecule has 1 unspecified atom stereocenters. The van der Waals surface area contributed by atoms with E-state index in [9.17, 15) is 0 Å². The number of nitrogens with zero attached hydrogens (tertiary/aromatic N) is 4. The quantitative estimate of drug-likeness (QED) is 0.192. The maximum atomic E-state index is 5.05. The minimum absolute atomic E-state index is 0.151. The molecule has 4 aromatic heterocycles. The third kappa shape index (κ3) is 4.21. The molecule has 0 radical (unpaired) electrons. The van der Waals surface area contributed by atoms with Gasteiger partial charge in [-0.05, 0) is 93.0 Å². The molecule has 0 bridgehead atoms. The fourth-order valence-corrected chi connectivity index (χ4v) is 8.60. The van der Waals surface area contributed by atoms with Gasteiger partial charge in [0.15, 0.2) is 0 Å². The molecule has 2 aliphatic carbocycles. The summed E-state index contributed by atoms with van der Waals surface area (Å²) in [7, 11) is 0. The van der Waals surface area contributed by atoms with Crippen LogP contribution in [0.4, 0.5) is 0 Å². The zero-order valence-corrected chi connectivity index (χ0v) is 28.0. The molecule has 4 nitrogen and oxygen atoms in total. The van der Waals surface area contributed by atoms with Gasteiger partial charge in [0, 0.05) is 57.6 Å². The van der Waals surface area contributed by atoms with Crippen LogP contribution in [0.5, 0.6) is 0 Å². The Labute approximate surface area is 291 Å². The van der Waals surface area contributed by atoms with Gasteiger partial charge in [0.1, 0.15) is 0 Å². The second-order valence-corrected chi connectivity index (χ2v) is 14.0. The molecule has 0 spiro atoms. The molecule has 0 aliphatic heterocycles. The Balaban J connectivity index is 1.16. The Morgan fingerprint density at radius 3 is 2.02 bits per heavy atom. The molecule has 0 fully saturated rings. The van der Waals surface area contributed by atoms with E-state index in [1.165, 1.54) is 60.4 Å². The van der Waals surface area contributed by atoms with E-state index in [0.717, 1.165) is 34.5 Å². The second-order valence-electron chi connectivity index (χ2n) is 14.0. The lowest BCUT2D eigenvalue weighted by atomic mass is 9.80. The average molecular weight is 643 g/mol. The zero-order chi connectivity index (χ0) is 33.4. The molecular weight excluding hydrogens is 609 g/mol. The lowest BCUT2D eigenvalue weighted by Gasteiger charge is -2.27.